The Morgan fingerprint density at radius 3 is 1.73 bits per heavy atom. The quantitative estimate of drug-likeness (QED) is 0.0897. The Labute approximate surface area is 252 Å². The van der Waals surface area contributed by atoms with Crippen LogP contribution in [0, 0.1) is 11.9 Å². The predicted octanol–water partition coefficient (Wildman–Crippen LogP) is 8.08. The molecule has 0 spiro atoms. The summed E-state index contributed by atoms with van der Waals surface area (Å²) in [7, 11) is 0. The highest BCUT2D eigenvalue weighted by atomic mass is 32.2. The molecule has 1 aliphatic rings. The van der Waals surface area contributed by atoms with Gasteiger partial charge in [0.2, 0.25) is 11.9 Å². The molecule has 1 saturated heterocycles. The van der Waals surface area contributed by atoms with Crippen LogP contribution in [0.3, 0.4) is 0 Å². The number of hydrogen-bond acceptors (Lipinski definition) is 5. The summed E-state index contributed by atoms with van der Waals surface area (Å²) in [6.45, 7) is 3.34. The van der Waals surface area contributed by atoms with Gasteiger partial charge in [-0.05, 0) is 71.4 Å². The summed E-state index contributed by atoms with van der Waals surface area (Å²) in [5, 5.41) is 3.95. The van der Waals surface area contributed by atoms with Crippen LogP contribution in [0.15, 0.2) is 89.8 Å². The first-order valence-electron chi connectivity index (χ1n) is 13.5. The number of benzene rings is 3. The zero-order chi connectivity index (χ0) is 31.4. The van der Waals surface area contributed by atoms with Crippen LogP contribution in [-0.4, -0.2) is 33.0 Å². The number of nitrogens with one attached hydrogen (secondary N) is 1. The van der Waals surface area contributed by atoms with Gasteiger partial charge in [0.15, 0.2) is 0 Å². The van der Waals surface area contributed by atoms with E-state index >= 15 is 0 Å². The highest BCUT2D eigenvalue weighted by Crippen LogP contribution is 2.47. The summed E-state index contributed by atoms with van der Waals surface area (Å²) in [5.74, 6) is -4.13. The van der Waals surface area contributed by atoms with Crippen LogP contribution in [0.1, 0.15) is 36.8 Å². The van der Waals surface area contributed by atoms with Crippen LogP contribution in [0.4, 0.5) is 32.4 Å². The smallest absolute Gasteiger partial charge is 0.322 e. The van der Waals surface area contributed by atoms with Crippen molar-refractivity contribution in [3.05, 3.63) is 108 Å². The van der Waals surface area contributed by atoms with Crippen molar-refractivity contribution in [3.63, 3.8) is 0 Å². The third-order valence-electron chi connectivity index (χ3n) is 8.14. The van der Waals surface area contributed by atoms with E-state index < -0.39 is 46.7 Å². The number of urea groups is 1. The van der Waals surface area contributed by atoms with Gasteiger partial charge in [0, 0.05) is 27.5 Å². The number of rotatable bonds is 6. The normalized spacial score (nSPS) is 18.6. The number of nitrogens with zero attached hydrogens (tertiary/aromatic N) is 3. The fraction of sp³-hybridized carbons (Fsp3) is 0.188. The number of thioether (sulfide) groups is 1. The Balaban J connectivity index is 1.54. The average molecular weight is 623 g/mol. The van der Waals surface area contributed by atoms with Crippen LogP contribution in [0.25, 0.3) is 21.8 Å². The molecule has 0 bridgehead atoms. The van der Waals surface area contributed by atoms with E-state index in [0.717, 1.165) is 4.90 Å². The number of halogens is 5. The first kappa shape index (κ1) is 29.5. The number of pyridine rings is 2. The van der Waals surface area contributed by atoms with Crippen molar-refractivity contribution in [2.24, 2.45) is 0 Å². The third-order valence-corrected chi connectivity index (χ3v) is 8.87. The lowest BCUT2D eigenvalue weighted by atomic mass is 9.68. The minimum Gasteiger partial charge on any atom is -0.322 e. The lowest BCUT2D eigenvalue weighted by Crippen LogP contribution is -2.55. The number of amides is 3. The summed E-state index contributed by atoms with van der Waals surface area (Å²) in [6, 6.07) is 20.0. The second-order valence-electron chi connectivity index (χ2n) is 10.5. The molecule has 2 atom stereocenters. The molecule has 6 nitrogen and oxygen atoms in total. The Morgan fingerprint density at radius 1 is 0.773 bits per heavy atom. The molecule has 0 radical (unpaired) electrons. The molecule has 3 heterocycles. The third kappa shape index (κ3) is 5.02. The van der Waals surface area contributed by atoms with Crippen LogP contribution < -0.4 is 10.2 Å². The molecule has 1 fully saturated rings. The summed E-state index contributed by atoms with van der Waals surface area (Å²) in [4.78, 5) is 37.0. The van der Waals surface area contributed by atoms with Crippen molar-refractivity contribution < 1.29 is 31.5 Å². The van der Waals surface area contributed by atoms with E-state index in [-0.39, 0.29) is 22.3 Å². The Kier molecular flexibility index (Phi) is 7.27. The fourth-order valence-electron chi connectivity index (χ4n) is 6.10. The maximum Gasteiger partial charge on any atom is 0.446 e. The van der Waals surface area contributed by atoms with Gasteiger partial charge in [0.1, 0.15) is 5.54 Å². The average Bonchev–Trinajstić information content (AvgIpc) is 3.25. The van der Waals surface area contributed by atoms with Crippen molar-refractivity contribution in [2.45, 2.75) is 41.6 Å². The minimum absolute atomic E-state index is 0.0387. The molecule has 224 valence electrons. The van der Waals surface area contributed by atoms with Crippen molar-refractivity contribution >= 4 is 51.2 Å². The van der Waals surface area contributed by atoms with E-state index in [1.807, 2.05) is 0 Å². The van der Waals surface area contributed by atoms with Crippen LogP contribution in [-0.2, 0) is 4.79 Å². The number of imide groups is 1. The molecule has 0 aliphatic carbocycles. The highest BCUT2D eigenvalue weighted by Gasteiger charge is 2.59. The number of para-hydroxylation sites is 2. The van der Waals surface area contributed by atoms with Gasteiger partial charge in [0.05, 0.1) is 16.7 Å². The number of hydrogen-bond donors (Lipinski definition) is 1. The fourth-order valence-corrected chi connectivity index (χ4v) is 6.64. The van der Waals surface area contributed by atoms with Crippen molar-refractivity contribution in [2.75, 3.05) is 4.90 Å². The molecule has 1 N–H and O–H groups in total. The Bertz CT molecular complexity index is 1840. The molecule has 2 aromatic heterocycles. The van der Waals surface area contributed by atoms with E-state index in [1.165, 1.54) is 36.4 Å². The van der Waals surface area contributed by atoms with Crippen molar-refractivity contribution in [3.8, 4) is 0 Å². The zero-order valence-electron chi connectivity index (χ0n) is 23.2. The van der Waals surface area contributed by atoms with Gasteiger partial charge < -0.3 is 5.32 Å². The summed E-state index contributed by atoms with van der Waals surface area (Å²) in [6.07, 6.45) is 0. The predicted molar refractivity (Wildman–Crippen MR) is 157 cm³/mol. The second kappa shape index (κ2) is 10.8. The number of carbonyl (C=O) groups excluding carboxylic acids is 2. The van der Waals surface area contributed by atoms with Gasteiger partial charge in [-0.2, -0.15) is 22.0 Å². The Hall–Kier alpha value is -4.58. The van der Waals surface area contributed by atoms with E-state index in [2.05, 4.69) is 15.3 Å². The van der Waals surface area contributed by atoms with Crippen molar-refractivity contribution in [1.82, 2.24) is 15.3 Å². The van der Waals surface area contributed by atoms with Gasteiger partial charge >= 0.3 is 11.5 Å². The number of aromatic nitrogens is 2. The van der Waals surface area contributed by atoms with Gasteiger partial charge in [0.25, 0.3) is 5.91 Å². The highest BCUT2D eigenvalue weighted by molar-refractivity contribution is 8.00. The topological polar surface area (TPSA) is 75.2 Å². The largest absolute Gasteiger partial charge is 0.446 e. The van der Waals surface area contributed by atoms with E-state index in [1.54, 1.807) is 62.4 Å². The maximum atomic E-state index is 14.9. The zero-order valence-corrected chi connectivity index (χ0v) is 24.0. The van der Waals surface area contributed by atoms with Gasteiger partial charge in [-0.1, -0.05) is 50.2 Å². The van der Waals surface area contributed by atoms with Crippen LogP contribution in [0.5, 0.6) is 0 Å². The number of fused-ring (bicyclic) bond motifs is 2. The standard InChI is InChI=1S/C32H23F5N4O2S/c1-17(23-15-27(33)38-25-9-5-3-7-21(23)25)31(18(2)24-16-28(34)39-26-10-6-4-8-22(24)26)29(42)41(30(43)40-31)19-11-13-20(14-12-19)44-32(35,36)37/h3-18H,1-2H3,(H,40,43). The maximum absolute atomic E-state index is 14.9. The molecule has 0 saturated carbocycles. The van der Waals surface area contributed by atoms with Crippen LogP contribution in [0.2, 0.25) is 0 Å². The van der Waals surface area contributed by atoms with E-state index in [0.29, 0.717) is 32.9 Å². The van der Waals surface area contributed by atoms with Crippen LogP contribution >= 0.6 is 11.8 Å². The van der Waals surface area contributed by atoms with E-state index in [9.17, 15) is 31.5 Å². The van der Waals surface area contributed by atoms with Gasteiger partial charge in [-0.3, -0.25) is 4.79 Å². The minimum atomic E-state index is -4.52. The molecule has 3 aromatic carbocycles. The second-order valence-corrected chi connectivity index (χ2v) is 11.7. The summed E-state index contributed by atoms with van der Waals surface area (Å²) in [5.41, 5.74) is -4.85. The summed E-state index contributed by atoms with van der Waals surface area (Å²) >= 11 is -0.324. The molecule has 5 aromatic rings. The first-order valence-corrected chi connectivity index (χ1v) is 14.3. The molecular weight excluding hydrogens is 599 g/mol. The molecule has 6 rings (SSSR count). The molecule has 44 heavy (non-hydrogen) atoms. The first-order chi connectivity index (χ1) is 20.9. The molecular formula is C32H23F5N4O2S. The number of alkyl halides is 3. The SMILES string of the molecule is CC(c1cc(F)nc2ccccc12)C1(C(C)c2cc(F)nc3ccccc23)NC(=O)N(c2ccc(SC(F)(F)F)cc2)C1=O. The molecule has 2 unspecified atom stereocenters. The Morgan fingerprint density at radius 2 is 1.25 bits per heavy atom. The molecule has 3 amide bonds. The van der Waals surface area contributed by atoms with E-state index in [4.69, 9.17) is 0 Å². The number of carbonyl (C=O) groups is 2. The monoisotopic (exact) mass is 622 g/mol. The number of anilines is 1. The molecule has 1 aliphatic heterocycles. The molecule has 12 heteroatoms. The summed E-state index contributed by atoms with van der Waals surface area (Å²) < 4.78 is 68.5. The lowest BCUT2D eigenvalue weighted by Gasteiger charge is -2.39. The van der Waals surface area contributed by atoms with Gasteiger partial charge in [-0.25, -0.2) is 19.7 Å². The van der Waals surface area contributed by atoms with Gasteiger partial charge in [-0.15, -0.1) is 0 Å². The lowest BCUT2D eigenvalue weighted by molar-refractivity contribution is -0.123. The van der Waals surface area contributed by atoms with Crippen molar-refractivity contribution in [1.29, 1.82) is 0 Å².